The SMILES string of the molecule is COC(=O)C1CC2CC2(O)C1. The van der Waals surface area contributed by atoms with E-state index in [1.165, 1.54) is 7.11 Å². The van der Waals surface area contributed by atoms with Crippen LogP contribution in [0, 0.1) is 11.8 Å². The van der Waals surface area contributed by atoms with Crippen molar-refractivity contribution in [1.82, 2.24) is 0 Å². The molecule has 2 aliphatic carbocycles. The van der Waals surface area contributed by atoms with Crippen LogP contribution in [0.15, 0.2) is 0 Å². The number of rotatable bonds is 1. The molecule has 0 heterocycles. The lowest BCUT2D eigenvalue weighted by Crippen LogP contribution is -2.17. The zero-order chi connectivity index (χ0) is 8.06. The summed E-state index contributed by atoms with van der Waals surface area (Å²) in [5.74, 6) is 0.181. The number of esters is 1. The fourth-order valence-electron chi connectivity index (χ4n) is 2.12. The standard InChI is InChI=1S/C8H12O3/c1-11-7(9)5-2-6-4-8(6,10)3-5/h5-6,10H,2-4H2,1H3. The second-order valence-electron chi connectivity index (χ2n) is 3.66. The lowest BCUT2D eigenvalue weighted by molar-refractivity contribution is -0.146. The van der Waals surface area contributed by atoms with E-state index in [1.54, 1.807) is 0 Å². The number of hydrogen-bond acceptors (Lipinski definition) is 3. The summed E-state index contributed by atoms with van der Waals surface area (Å²) in [4.78, 5) is 11.0. The van der Waals surface area contributed by atoms with Crippen molar-refractivity contribution in [1.29, 1.82) is 0 Å². The van der Waals surface area contributed by atoms with Gasteiger partial charge < -0.3 is 9.84 Å². The third kappa shape index (κ3) is 0.948. The number of carbonyl (C=O) groups excluding carboxylic acids is 1. The van der Waals surface area contributed by atoms with E-state index < -0.39 is 5.60 Å². The molecule has 3 atom stereocenters. The molecule has 0 bridgehead atoms. The van der Waals surface area contributed by atoms with E-state index in [1.807, 2.05) is 0 Å². The predicted molar refractivity (Wildman–Crippen MR) is 37.8 cm³/mol. The maximum atomic E-state index is 11.0. The van der Waals surface area contributed by atoms with Gasteiger partial charge in [-0.25, -0.2) is 0 Å². The first-order valence-corrected chi connectivity index (χ1v) is 3.96. The van der Waals surface area contributed by atoms with Crippen LogP contribution in [0.3, 0.4) is 0 Å². The number of aliphatic hydroxyl groups is 1. The third-order valence-electron chi connectivity index (χ3n) is 2.90. The molecule has 2 rings (SSSR count). The summed E-state index contributed by atoms with van der Waals surface area (Å²) in [6.45, 7) is 0. The number of fused-ring (bicyclic) bond motifs is 1. The van der Waals surface area contributed by atoms with Crippen molar-refractivity contribution in [3.05, 3.63) is 0 Å². The van der Waals surface area contributed by atoms with Gasteiger partial charge in [0, 0.05) is 0 Å². The van der Waals surface area contributed by atoms with Crippen molar-refractivity contribution in [3.63, 3.8) is 0 Å². The molecular formula is C8H12O3. The highest BCUT2D eigenvalue weighted by atomic mass is 16.5. The predicted octanol–water partition coefficient (Wildman–Crippen LogP) is 0.320. The fourth-order valence-corrected chi connectivity index (χ4v) is 2.12. The van der Waals surface area contributed by atoms with Crippen molar-refractivity contribution in [3.8, 4) is 0 Å². The first kappa shape index (κ1) is 7.10. The molecule has 11 heavy (non-hydrogen) atoms. The Morgan fingerprint density at radius 1 is 1.64 bits per heavy atom. The number of methoxy groups -OCH3 is 1. The van der Waals surface area contributed by atoms with Gasteiger partial charge in [0.15, 0.2) is 0 Å². The summed E-state index contributed by atoms with van der Waals surface area (Å²) in [5, 5.41) is 9.58. The van der Waals surface area contributed by atoms with E-state index in [0.29, 0.717) is 12.3 Å². The first-order chi connectivity index (χ1) is 5.15. The van der Waals surface area contributed by atoms with Crippen molar-refractivity contribution >= 4 is 5.97 Å². The van der Waals surface area contributed by atoms with E-state index in [0.717, 1.165) is 12.8 Å². The Morgan fingerprint density at radius 2 is 2.36 bits per heavy atom. The second-order valence-corrected chi connectivity index (χ2v) is 3.66. The van der Waals surface area contributed by atoms with E-state index in [4.69, 9.17) is 0 Å². The molecule has 0 spiro atoms. The maximum absolute atomic E-state index is 11.0. The summed E-state index contributed by atoms with van der Waals surface area (Å²) >= 11 is 0. The van der Waals surface area contributed by atoms with Gasteiger partial charge in [-0.15, -0.1) is 0 Å². The molecule has 0 aliphatic heterocycles. The summed E-state index contributed by atoms with van der Waals surface area (Å²) < 4.78 is 4.60. The van der Waals surface area contributed by atoms with E-state index >= 15 is 0 Å². The summed E-state index contributed by atoms with van der Waals surface area (Å²) in [6.07, 6.45) is 2.33. The molecule has 2 aliphatic rings. The molecule has 3 unspecified atom stereocenters. The van der Waals surface area contributed by atoms with Gasteiger partial charge in [0.2, 0.25) is 0 Å². The zero-order valence-corrected chi connectivity index (χ0v) is 6.54. The van der Waals surface area contributed by atoms with Crippen LogP contribution in [0.1, 0.15) is 19.3 Å². The van der Waals surface area contributed by atoms with E-state index in [9.17, 15) is 9.90 Å². The van der Waals surface area contributed by atoms with Crippen LogP contribution < -0.4 is 0 Å². The lowest BCUT2D eigenvalue weighted by atomic mass is 10.0. The summed E-state index contributed by atoms with van der Waals surface area (Å²) in [5.41, 5.74) is -0.487. The highest BCUT2D eigenvalue weighted by Crippen LogP contribution is 2.58. The molecule has 2 saturated carbocycles. The molecule has 2 fully saturated rings. The Labute approximate surface area is 65.4 Å². The Kier molecular flexibility index (Phi) is 1.27. The van der Waals surface area contributed by atoms with Crippen molar-refractivity contribution in [2.75, 3.05) is 7.11 Å². The molecule has 3 heteroatoms. The monoisotopic (exact) mass is 156 g/mol. The molecule has 0 radical (unpaired) electrons. The summed E-state index contributed by atoms with van der Waals surface area (Å²) in [6, 6.07) is 0. The molecular weight excluding hydrogens is 144 g/mol. The van der Waals surface area contributed by atoms with E-state index in [-0.39, 0.29) is 11.9 Å². The van der Waals surface area contributed by atoms with Gasteiger partial charge in [-0.3, -0.25) is 4.79 Å². The highest BCUT2D eigenvalue weighted by Gasteiger charge is 2.60. The maximum Gasteiger partial charge on any atom is 0.308 e. The van der Waals surface area contributed by atoms with Crippen LogP contribution in [0.4, 0.5) is 0 Å². The van der Waals surface area contributed by atoms with Crippen LogP contribution in [0.25, 0.3) is 0 Å². The minimum absolute atomic E-state index is 0.0382. The van der Waals surface area contributed by atoms with Crippen LogP contribution in [0.5, 0.6) is 0 Å². The quantitative estimate of drug-likeness (QED) is 0.556. The average Bonchev–Trinajstić information content (AvgIpc) is 2.49. The van der Waals surface area contributed by atoms with Crippen LogP contribution in [-0.2, 0) is 9.53 Å². The number of hydrogen-bond donors (Lipinski definition) is 1. The number of carbonyl (C=O) groups is 1. The molecule has 0 aromatic carbocycles. The molecule has 62 valence electrons. The summed E-state index contributed by atoms with van der Waals surface area (Å²) in [7, 11) is 1.40. The average molecular weight is 156 g/mol. The minimum atomic E-state index is -0.487. The molecule has 1 N–H and O–H groups in total. The molecule has 0 aromatic heterocycles. The second kappa shape index (κ2) is 1.97. The highest BCUT2D eigenvalue weighted by molar-refractivity contribution is 5.73. The van der Waals surface area contributed by atoms with Gasteiger partial charge in [0.1, 0.15) is 0 Å². The third-order valence-corrected chi connectivity index (χ3v) is 2.90. The molecule has 3 nitrogen and oxygen atoms in total. The number of ether oxygens (including phenoxy) is 1. The van der Waals surface area contributed by atoms with Gasteiger partial charge in [-0.1, -0.05) is 0 Å². The van der Waals surface area contributed by atoms with Gasteiger partial charge >= 0.3 is 5.97 Å². The molecule has 0 saturated heterocycles. The zero-order valence-electron chi connectivity index (χ0n) is 6.54. The minimum Gasteiger partial charge on any atom is -0.469 e. The Balaban J connectivity index is 1.97. The lowest BCUT2D eigenvalue weighted by Gasteiger charge is -2.09. The smallest absolute Gasteiger partial charge is 0.308 e. The Bertz CT molecular complexity index is 202. The van der Waals surface area contributed by atoms with Crippen LogP contribution in [0.2, 0.25) is 0 Å². The van der Waals surface area contributed by atoms with Crippen molar-refractivity contribution in [2.45, 2.75) is 24.9 Å². The Morgan fingerprint density at radius 3 is 2.82 bits per heavy atom. The van der Waals surface area contributed by atoms with E-state index in [2.05, 4.69) is 4.74 Å². The normalized spacial score (nSPS) is 46.7. The van der Waals surface area contributed by atoms with Crippen molar-refractivity contribution < 1.29 is 14.6 Å². The molecule has 0 aromatic rings. The van der Waals surface area contributed by atoms with Crippen molar-refractivity contribution in [2.24, 2.45) is 11.8 Å². The first-order valence-electron chi connectivity index (χ1n) is 3.96. The van der Waals surface area contributed by atoms with Gasteiger partial charge in [0.25, 0.3) is 0 Å². The van der Waals surface area contributed by atoms with Crippen LogP contribution >= 0.6 is 0 Å². The van der Waals surface area contributed by atoms with Crippen LogP contribution in [-0.4, -0.2) is 23.8 Å². The fraction of sp³-hybridized carbons (Fsp3) is 0.875. The molecule has 0 amide bonds. The topological polar surface area (TPSA) is 46.5 Å². The van der Waals surface area contributed by atoms with Gasteiger partial charge in [0.05, 0.1) is 18.6 Å². The van der Waals surface area contributed by atoms with Gasteiger partial charge in [-0.2, -0.15) is 0 Å². The van der Waals surface area contributed by atoms with Gasteiger partial charge in [-0.05, 0) is 25.2 Å². The Hall–Kier alpha value is -0.570. The largest absolute Gasteiger partial charge is 0.469 e.